The van der Waals surface area contributed by atoms with Crippen LogP contribution in [0.1, 0.15) is 32.1 Å². The topological polar surface area (TPSA) is 72.3 Å². The van der Waals surface area contributed by atoms with E-state index in [2.05, 4.69) is 4.90 Å². The van der Waals surface area contributed by atoms with Crippen LogP contribution in [0, 0.1) is 0 Å². The Bertz CT molecular complexity index is 176. The number of carbonyl (C=O) groups excluding carboxylic acids is 1. The number of carbonyl (C=O) groups is 1. The van der Waals surface area contributed by atoms with Crippen molar-refractivity contribution in [3.05, 3.63) is 0 Å². The maximum Gasteiger partial charge on any atom is 0.234 e. The van der Waals surface area contributed by atoms with E-state index < -0.39 is 0 Å². The molecule has 0 spiro atoms. The minimum atomic E-state index is -0.225. The van der Waals surface area contributed by atoms with Crippen molar-refractivity contribution in [2.75, 3.05) is 19.6 Å². The van der Waals surface area contributed by atoms with Crippen LogP contribution in [0.25, 0.3) is 0 Å². The number of amides is 1. The van der Waals surface area contributed by atoms with Gasteiger partial charge in [0.1, 0.15) is 0 Å². The van der Waals surface area contributed by atoms with Gasteiger partial charge in [0.15, 0.2) is 0 Å². The molecule has 1 rings (SSSR count). The number of nitrogens with zero attached hydrogens (tertiary/aromatic N) is 1. The van der Waals surface area contributed by atoms with Crippen LogP contribution in [0.4, 0.5) is 0 Å². The number of rotatable bonds is 4. The molecule has 0 saturated carbocycles. The van der Waals surface area contributed by atoms with Crippen LogP contribution < -0.4 is 11.5 Å². The zero-order valence-electron chi connectivity index (χ0n) is 8.74. The number of nitrogens with two attached hydrogens (primary N) is 2. The van der Waals surface area contributed by atoms with Crippen LogP contribution in [0.2, 0.25) is 0 Å². The van der Waals surface area contributed by atoms with Crippen molar-refractivity contribution in [2.24, 2.45) is 11.5 Å². The molecule has 4 nitrogen and oxygen atoms in total. The molecule has 82 valence electrons. The van der Waals surface area contributed by atoms with E-state index >= 15 is 0 Å². The molecule has 1 aliphatic heterocycles. The van der Waals surface area contributed by atoms with Gasteiger partial charge in [0.05, 0.1) is 6.04 Å². The molecular formula is C10H21N3O. The Labute approximate surface area is 85.6 Å². The van der Waals surface area contributed by atoms with Gasteiger partial charge in [0.2, 0.25) is 5.91 Å². The lowest BCUT2D eigenvalue weighted by atomic mass is 10.1. The molecule has 1 heterocycles. The monoisotopic (exact) mass is 199 g/mol. The van der Waals surface area contributed by atoms with E-state index in [-0.39, 0.29) is 11.9 Å². The number of hydrogen-bond acceptors (Lipinski definition) is 3. The summed E-state index contributed by atoms with van der Waals surface area (Å²) in [5, 5.41) is 0. The summed E-state index contributed by atoms with van der Waals surface area (Å²) in [7, 11) is 0. The minimum Gasteiger partial charge on any atom is -0.368 e. The zero-order chi connectivity index (χ0) is 10.4. The largest absolute Gasteiger partial charge is 0.368 e. The average molecular weight is 199 g/mol. The summed E-state index contributed by atoms with van der Waals surface area (Å²) in [4.78, 5) is 13.4. The van der Waals surface area contributed by atoms with Crippen LogP contribution in [0.15, 0.2) is 0 Å². The molecule has 1 amide bonds. The van der Waals surface area contributed by atoms with E-state index in [1.54, 1.807) is 0 Å². The highest BCUT2D eigenvalue weighted by Gasteiger charge is 2.23. The molecule has 14 heavy (non-hydrogen) atoms. The van der Waals surface area contributed by atoms with E-state index in [9.17, 15) is 4.79 Å². The van der Waals surface area contributed by atoms with E-state index in [1.807, 2.05) is 0 Å². The Balaban J connectivity index is 2.51. The second-order valence-electron chi connectivity index (χ2n) is 3.95. The summed E-state index contributed by atoms with van der Waals surface area (Å²) >= 11 is 0. The van der Waals surface area contributed by atoms with Gasteiger partial charge < -0.3 is 11.5 Å². The molecule has 1 unspecified atom stereocenters. The third-order valence-electron chi connectivity index (χ3n) is 2.85. The molecule has 1 atom stereocenters. The van der Waals surface area contributed by atoms with Crippen LogP contribution >= 0.6 is 0 Å². The lowest BCUT2D eigenvalue weighted by molar-refractivity contribution is -0.123. The molecule has 0 aromatic heterocycles. The van der Waals surface area contributed by atoms with Gasteiger partial charge in [-0.3, -0.25) is 9.69 Å². The summed E-state index contributed by atoms with van der Waals surface area (Å²) < 4.78 is 0. The number of likely N-dealkylation sites (tertiary alicyclic amines) is 1. The maximum absolute atomic E-state index is 11.2. The minimum absolute atomic E-state index is 0.141. The van der Waals surface area contributed by atoms with E-state index in [4.69, 9.17) is 11.5 Å². The molecule has 4 N–H and O–H groups in total. The van der Waals surface area contributed by atoms with Crippen molar-refractivity contribution in [3.8, 4) is 0 Å². The lowest BCUT2D eigenvalue weighted by Gasteiger charge is -2.27. The normalized spacial score (nSPS) is 21.5. The standard InChI is InChI=1S/C10H21N3O/c11-6-5-9(10(12)14)13-7-3-1-2-4-8-13/h9H,1-8,11H2,(H2,12,14). The Morgan fingerprint density at radius 2 is 1.79 bits per heavy atom. The second kappa shape index (κ2) is 5.98. The molecule has 0 aliphatic carbocycles. The third kappa shape index (κ3) is 3.27. The summed E-state index contributed by atoms with van der Waals surface area (Å²) in [6, 6.07) is -0.141. The lowest BCUT2D eigenvalue weighted by Crippen LogP contribution is -2.46. The van der Waals surface area contributed by atoms with Gasteiger partial charge in [-0.1, -0.05) is 12.8 Å². The number of hydrogen-bond donors (Lipinski definition) is 2. The summed E-state index contributed by atoms with van der Waals surface area (Å²) in [6.07, 6.45) is 5.58. The molecule has 4 heteroatoms. The third-order valence-corrected chi connectivity index (χ3v) is 2.85. The van der Waals surface area contributed by atoms with Gasteiger partial charge in [-0.05, 0) is 38.9 Å². The molecule has 1 saturated heterocycles. The summed E-state index contributed by atoms with van der Waals surface area (Å²) in [5.41, 5.74) is 10.8. The maximum atomic E-state index is 11.2. The molecule has 1 aliphatic rings. The van der Waals surface area contributed by atoms with E-state index in [0.717, 1.165) is 13.1 Å². The predicted octanol–water partition coefficient (Wildman–Crippen LogP) is 0.0651. The summed E-state index contributed by atoms with van der Waals surface area (Å²) in [6.45, 7) is 2.52. The van der Waals surface area contributed by atoms with Crippen LogP contribution in [0.5, 0.6) is 0 Å². The summed E-state index contributed by atoms with van der Waals surface area (Å²) in [5.74, 6) is -0.225. The first-order valence-electron chi connectivity index (χ1n) is 5.49. The molecule has 0 bridgehead atoms. The van der Waals surface area contributed by atoms with Crippen molar-refractivity contribution in [1.82, 2.24) is 4.90 Å². The van der Waals surface area contributed by atoms with Gasteiger partial charge in [-0.25, -0.2) is 0 Å². The molecule has 0 aromatic carbocycles. The van der Waals surface area contributed by atoms with Crippen LogP contribution in [0.3, 0.4) is 0 Å². The van der Waals surface area contributed by atoms with Gasteiger partial charge >= 0.3 is 0 Å². The Kier molecular flexibility index (Phi) is 4.90. The molecular weight excluding hydrogens is 178 g/mol. The quantitative estimate of drug-likeness (QED) is 0.672. The smallest absolute Gasteiger partial charge is 0.234 e. The molecule has 1 fully saturated rings. The van der Waals surface area contributed by atoms with Gasteiger partial charge in [0, 0.05) is 0 Å². The van der Waals surface area contributed by atoms with Crippen molar-refractivity contribution in [2.45, 2.75) is 38.1 Å². The average Bonchev–Trinajstić information content (AvgIpc) is 2.41. The SMILES string of the molecule is NCCC(C(N)=O)N1CCCCCC1. The predicted molar refractivity (Wildman–Crippen MR) is 56.7 cm³/mol. The Hall–Kier alpha value is -0.610. The fourth-order valence-electron chi connectivity index (χ4n) is 2.07. The zero-order valence-corrected chi connectivity index (χ0v) is 8.74. The first-order valence-corrected chi connectivity index (χ1v) is 5.49. The van der Waals surface area contributed by atoms with Gasteiger partial charge in [-0.2, -0.15) is 0 Å². The Morgan fingerprint density at radius 1 is 1.21 bits per heavy atom. The molecule has 0 radical (unpaired) electrons. The van der Waals surface area contributed by atoms with E-state index in [0.29, 0.717) is 13.0 Å². The molecule has 0 aromatic rings. The number of primary amides is 1. The van der Waals surface area contributed by atoms with Crippen molar-refractivity contribution in [1.29, 1.82) is 0 Å². The highest BCUT2D eigenvalue weighted by molar-refractivity contribution is 5.79. The van der Waals surface area contributed by atoms with Gasteiger partial charge in [0.25, 0.3) is 0 Å². The second-order valence-corrected chi connectivity index (χ2v) is 3.95. The van der Waals surface area contributed by atoms with Crippen molar-refractivity contribution < 1.29 is 4.79 Å². The highest BCUT2D eigenvalue weighted by Crippen LogP contribution is 2.13. The highest BCUT2D eigenvalue weighted by atomic mass is 16.1. The first kappa shape index (κ1) is 11.5. The van der Waals surface area contributed by atoms with Crippen molar-refractivity contribution >= 4 is 5.91 Å². The first-order chi connectivity index (χ1) is 6.75. The fourth-order valence-corrected chi connectivity index (χ4v) is 2.07. The van der Waals surface area contributed by atoms with Gasteiger partial charge in [-0.15, -0.1) is 0 Å². The van der Waals surface area contributed by atoms with Crippen LogP contribution in [-0.4, -0.2) is 36.5 Å². The van der Waals surface area contributed by atoms with E-state index in [1.165, 1.54) is 25.7 Å². The van der Waals surface area contributed by atoms with Crippen molar-refractivity contribution in [3.63, 3.8) is 0 Å². The fraction of sp³-hybridized carbons (Fsp3) is 0.900. The Morgan fingerprint density at radius 3 is 2.21 bits per heavy atom. The van der Waals surface area contributed by atoms with Crippen LogP contribution in [-0.2, 0) is 4.79 Å².